The molecule has 1 aliphatic heterocycles. The van der Waals surface area contributed by atoms with Gasteiger partial charge in [0.2, 0.25) is 5.91 Å². The first kappa shape index (κ1) is 19.1. The van der Waals surface area contributed by atoms with Crippen molar-refractivity contribution in [2.75, 3.05) is 18.2 Å². The van der Waals surface area contributed by atoms with Crippen LogP contribution in [0.2, 0.25) is 0 Å². The minimum absolute atomic E-state index is 0. The number of hydrogen-bond acceptors (Lipinski definition) is 4. The molecule has 1 aliphatic rings. The summed E-state index contributed by atoms with van der Waals surface area (Å²) in [5.41, 5.74) is 2.16. The summed E-state index contributed by atoms with van der Waals surface area (Å²) in [5, 5.41) is 6.16. The van der Waals surface area contributed by atoms with Crippen LogP contribution in [0.5, 0.6) is 0 Å². The first-order valence-corrected chi connectivity index (χ1v) is 7.99. The fourth-order valence-electron chi connectivity index (χ4n) is 2.34. The lowest BCUT2D eigenvalue weighted by molar-refractivity contribution is -0.122. The number of rotatable bonds is 5. The Morgan fingerprint density at radius 3 is 3.00 bits per heavy atom. The van der Waals surface area contributed by atoms with Crippen molar-refractivity contribution >= 4 is 53.5 Å². The van der Waals surface area contributed by atoms with Gasteiger partial charge in [-0.05, 0) is 18.6 Å². The van der Waals surface area contributed by atoms with E-state index in [1.807, 2.05) is 24.5 Å². The molecule has 0 spiro atoms. The van der Waals surface area contributed by atoms with Crippen LogP contribution in [0.15, 0.2) is 30.6 Å². The second-order valence-electron chi connectivity index (χ2n) is 4.84. The monoisotopic (exact) mass is 362 g/mol. The van der Waals surface area contributed by atoms with Gasteiger partial charge < -0.3 is 9.88 Å². The summed E-state index contributed by atoms with van der Waals surface area (Å²) in [5.74, 6) is 1.86. The number of carbonyl (C=O) groups excluding carboxylic acids is 1. The van der Waals surface area contributed by atoms with Crippen LogP contribution in [0.3, 0.4) is 0 Å². The van der Waals surface area contributed by atoms with E-state index in [2.05, 4.69) is 26.3 Å². The van der Waals surface area contributed by atoms with Gasteiger partial charge in [-0.3, -0.25) is 10.1 Å². The standard InChI is InChI=1S/C14H18N4OS.2ClH/c19-14(12-8-20-10-17-12)15-6-3-7-18-9-16-11-4-1-2-5-13(11)18;;/h1-2,4-5,9,12,17H,3,6-8,10H2,(H,15,19);2*1H. The van der Waals surface area contributed by atoms with Crippen molar-refractivity contribution in [3.8, 4) is 0 Å². The summed E-state index contributed by atoms with van der Waals surface area (Å²) in [6, 6.07) is 8.07. The van der Waals surface area contributed by atoms with Crippen molar-refractivity contribution in [3.05, 3.63) is 30.6 Å². The lowest BCUT2D eigenvalue weighted by atomic mass is 10.3. The van der Waals surface area contributed by atoms with Gasteiger partial charge in [0, 0.05) is 24.7 Å². The highest BCUT2D eigenvalue weighted by atomic mass is 35.5. The summed E-state index contributed by atoms with van der Waals surface area (Å²) in [4.78, 5) is 16.2. The van der Waals surface area contributed by atoms with Crippen LogP contribution in [0.25, 0.3) is 11.0 Å². The summed E-state index contributed by atoms with van der Waals surface area (Å²) in [7, 11) is 0. The van der Waals surface area contributed by atoms with Gasteiger partial charge in [-0.1, -0.05) is 12.1 Å². The Balaban J connectivity index is 0.00000121. The number of halogens is 2. The van der Waals surface area contributed by atoms with E-state index in [-0.39, 0.29) is 36.8 Å². The molecule has 1 amide bonds. The van der Waals surface area contributed by atoms with E-state index < -0.39 is 0 Å². The van der Waals surface area contributed by atoms with Gasteiger partial charge in [0.15, 0.2) is 0 Å². The maximum atomic E-state index is 11.8. The number of nitrogens with one attached hydrogen (secondary N) is 2. The summed E-state index contributed by atoms with van der Waals surface area (Å²) in [6.45, 7) is 1.57. The fraction of sp³-hybridized carbons (Fsp3) is 0.429. The van der Waals surface area contributed by atoms with E-state index in [1.54, 1.807) is 11.8 Å². The van der Waals surface area contributed by atoms with Gasteiger partial charge in [-0.25, -0.2) is 4.98 Å². The third-order valence-corrected chi connectivity index (χ3v) is 4.38. The first-order valence-electron chi connectivity index (χ1n) is 6.83. The molecule has 0 saturated carbocycles. The van der Waals surface area contributed by atoms with Gasteiger partial charge in [0.1, 0.15) is 0 Å². The number of aryl methyl sites for hydroxylation is 1. The highest BCUT2D eigenvalue weighted by molar-refractivity contribution is 7.99. The Bertz CT molecular complexity index is 601. The fourth-order valence-corrected chi connectivity index (χ4v) is 3.28. The van der Waals surface area contributed by atoms with Crippen LogP contribution in [-0.4, -0.2) is 39.7 Å². The molecule has 1 aromatic heterocycles. The zero-order valence-corrected chi connectivity index (χ0v) is 14.5. The van der Waals surface area contributed by atoms with Crippen molar-refractivity contribution in [2.24, 2.45) is 0 Å². The molecule has 1 unspecified atom stereocenters. The molecule has 1 aromatic carbocycles. The molecule has 3 rings (SSSR count). The lowest BCUT2D eigenvalue weighted by Crippen LogP contribution is -2.42. The smallest absolute Gasteiger partial charge is 0.238 e. The third kappa shape index (κ3) is 4.52. The Kier molecular flexibility index (Phi) is 8.03. The predicted octanol–water partition coefficient (Wildman–Crippen LogP) is 2.05. The molecule has 2 heterocycles. The number of amides is 1. The van der Waals surface area contributed by atoms with Gasteiger partial charge in [0.05, 0.1) is 23.4 Å². The average molecular weight is 363 g/mol. The highest BCUT2D eigenvalue weighted by Gasteiger charge is 2.21. The maximum absolute atomic E-state index is 11.8. The van der Waals surface area contributed by atoms with Crippen molar-refractivity contribution in [2.45, 2.75) is 19.0 Å². The van der Waals surface area contributed by atoms with Crippen LogP contribution in [0.4, 0.5) is 0 Å². The van der Waals surface area contributed by atoms with Gasteiger partial charge in [-0.15, -0.1) is 36.6 Å². The topological polar surface area (TPSA) is 59.0 Å². The third-order valence-electron chi connectivity index (χ3n) is 3.44. The van der Waals surface area contributed by atoms with Crippen LogP contribution in [0, 0.1) is 0 Å². The van der Waals surface area contributed by atoms with E-state index in [1.165, 1.54) is 0 Å². The van der Waals surface area contributed by atoms with Crippen LogP contribution in [-0.2, 0) is 11.3 Å². The number of hydrogen-bond donors (Lipinski definition) is 2. The molecule has 1 atom stereocenters. The van der Waals surface area contributed by atoms with Crippen molar-refractivity contribution in [1.29, 1.82) is 0 Å². The molecule has 122 valence electrons. The number of aromatic nitrogens is 2. The predicted molar refractivity (Wildman–Crippen MR) is 96.1 cm³/mol. The molecule has 5 nitrogen and oxygen atoms in total. The second-order valence-corrected chi connectivity index (χ2v) is 5.87. The molecular weight excluding hydrogens is 343 g/mol. The molecular formula is C14H20Cl2N4OS. The van der Waals surface area contributed by atoms with Gasteiger partial charge >= 0.3 is 0 Å². The van der Waals surface area contributed by atoms with Crippen molar-refractivity contribution < 1.29 is 4.79 Å². The molecule has 8 heteroatoms. The average Bonchev–Trinajstić information content (AvgIpc) is 3.13. The second kappa shape index (κ2) is 9.25. The zero-order valence-electron chi connectivity index (χ0n) is 12.0. The normalized spacial score (nSPS) is 16.8. The number of thioether (sulfide) groups is 1. The Morgan fingerprint density at radius 2 is 2.23 bits per heavy atom. The van der Waals surface area contributed by atoms with Gasteiger partial charge in [-0.2, -0.15) is 0 Å². The molecule has 0 bridgehead atoms. The van der Waals surface area contributed by atoms with E-state index in [0.29, 0.717) is 6.54 Å². The van der Waals surface area contributed by atoms with Crippen molar-refractivity contribution in [1.82, 2.24) is 20.2 Å². The molecule has 2 N–H and O–H groups in total. The Morgan fingerprint density at radius 1 is 1.41 bits per heavy atom. The molecule has 2 aromatic rings. The molecule has 1 fully saturated rings. The molecule has 22 heavy (non-hydrogen) atoms. The SMILES string of the molecule is Cl.Cl.O=C(NCCCn1cnc2ccccc21)C1CSCN1. The first-order chi connectivity index (χ1) is 9.84. The highest BCUT2D eigenvalue weighted by Crippen LogP contribution is 2.12. The zero-order chi connectivity index (χ0) is 13.8. The number of nitrogens with zero attached hydrogens (tertiary/aromatic N) is 2. The van der Waals surface area contributed by atoms with Crippen LogP contribution in [0.1, 0.15) is 6.42 Å². The van der Waals surface area contributed by atoms with E-state index in [4.69, 9.17) is 0 Å². The number of carbonyl (C=O) groups is 1. The van der Waals surface area contributed by atoms with Crippen LogP contribution < -0.4 is 10.6 Å². The molecule has 1 saturated heterocycles. The quantitative estimate of drug-likeness (QED) is 0.799. The Labute approximate surface area is 146 Å². The number of fused-ring (bicyclic) bond motifs is 1. The van der Waals surface area contributed by atoms with Crippen molar-refractivity contribution in [3.63, 3.8) is 0 Å². The number of para-hydroxylation sites is 2. The molecule has 0 radical (unpaired) electrons. The van der Waals surface area contributed by atoms with E-state index in [9.17, 15) is 4.79 Å². The van der Waals surface area contributed by atoms with E-state index >= 15 is 0 Å². The summed E-state index contributed by atoms with van der Waals surface area (Å²) >= 11 is 1.76. The summed E-state index contributed by atoms with van der Waals surface area (Å²) < 4.78 is 2.13. The lowest BCUT2D eigenvalue weighted by Gasteiger charge is -2.10. The minimum Gasteiger partial charge on any atom is -0.355 e. The Hall–Kier alpha value is -0.950. The largest absolute Gasteiger partial charge is 0.355 e. The molecule has 0 aliphatic carbocycles. The van der Waals surface area contributed by atoms with Crippen LogP contribution >= 0.6 is 36.6 Å². The number of benzene rings is 1. The van der Waals surface area contributed by atoms with E-state index in [0.717, 1.165) is 35.6 Å². The summed E-state index contributed by atoms with van der Waals surface area (Å²) in [6.07, 6.45) is 2.77. The minimum atomic E-state index is -0.0194. The maximum Gasteiger partial charge on any atom is 0.238 e. The number of imidazole rings is 1. The van der Waals surface area contributed by atoms with Gasteiger partial charge in [0.25, 0.3) is 0 Å².